The first-order valence-electron chi connectivity index (χ1n) is 12.6. The Morgan fingerprint density at radius 2 is 1.73 bits per heavy atom. The second-order valence-electron chi connectivity index (χ2n) is 9.87. The van der Waals surface area contributed by atoms with E-state index in [0.29, 0.717) is 16.8 Å². The maximum absolute atomic E-state index is 12.9. The number of aryl methyl sites for hydroxylation is 1. The summed E-state index contributed by atoms with van der Waals surface area (Å²) in [6.07, 6.45) is 1.67. The number of piperidine rings is 1. The molecule has 1 fully saturated rings. The number of phenolic OH excluding ortho intramolecular Hbond substituents is 1. The number of aromatic carboxylic acids is 1. The molecule has 222 valence electrons. The number of thiophene rings is 1. The van der Waals surface area contributed by atoms with Gasteiger partial charge in [0.1, 0.15) is 15.5 Å². The second-order valence-corrected chi connectivity index (χ2v) is 14.1. The molecule has 1 aliphatic rings. The average Bonchev–Trinajstić information content (AvgIpc) is 3.31. The van der Waals surface area contributed by atoms with Crippen LogP contribution in [0.3, 0.4) is 0 Å². The number of rotatable bonds is 11. The van der Waals surface area contributed by atoms with Crippen molar-refractivity contribution < 1.29 is 36.9 Å². The van der Waals surface area contributed by atoms with Crippen LogP contribution in [0.25, 0.3) is 0 Å². The van der Waals surface area contributed by atoms with Crippen molar-refractivity contribution >= 4 is 54.4 Å². The maximum atomic E-state index is 12.9. The highest BCUT2D eigenvalue weighted by Crippen LogP contribution is 2.30. The molecule has 3 aromatic rings. The van der Waals surface area contributed by atoms with E-state index in [1.807, 2.05) is 0 Å². The molecule has 6 N–H and O–H groups in total. The van der Waals surface area contributed by atoms with Crippen molar-refractivity contribution in [1.29, 1.82) is 0 Å². The van der Waals surface area contributed by atoms with E-state index in [4.69, 9.17) is 0 Å². The van der Waals surface area contributed by atoms with Crippen molar-refractivity contribution in [2.24, 2.45) is 0 Å². The van der Waals surface area contributed by atoms with E-state index in [2.05, 4.69) is 19.7 Å². The lowest BCUT2D eigenvalue weighted by molar-refractivity contribution is 0.0698. The fourth-order valence-electron chi connectivity index (χ4n) is 4.64. The number of nitrogens with zero attached hydrogens (tertiary/aromatic N) is 1. The van der Waals surface area contributed by atoms with Crippen LogP contribution in [-0.2, 0) is 20.0 Å². The zero-order valence-electron chi connectivity index (χ0n) is 22.4. The Morgan fingerprint density at radius 3 is 2.34 bits per heavy atom. The van der Waals surface area contributed by atoms with E-state index in [-0.39, 0.29) is 33.8 Å². The smallest absolute Gasteiger partial charge is 0.347 e. The van der Waals surface area contributed by atoms with E-state index in [1.165, 1.54) is 23.6 Å². The molecule has 15 heteroatoms. The minimum atomic E-state index is -4.07. The fraction of sp³-hybridized carbons (Fsp3) is 0.346. The van der Waals surface area contributed by atoms with Crippen molar-refractivity contribution in [2.45, 2.75) is 36.8 Å². The summed E-state index contributed by atoms with van der Waals surface area (Å²) in [6.45, 7) is 3.27. The number of nitrogens with one attached hydrogen (secondary N) is 3. The summed E-state index contributed by atoms with van der Waals surface area (Å²) in [5, 5.41) is 34.7. The van der Waals surface area contributed by atoms with Crippen LogP contribution >= 0.6 is 11.3 Å². The van der Waals surface area contributed by atoms with Gasteiger partial charge in [0, 0.05) is 37.1 Å². The van der Waals surface area contributed by atoms with E-state index in [0.717, 1.165) is 49.2 Å². The first-order chi connectivity index (χ1) is 19.2. The number of carboxylic acids is 1. The number of hydrogen-bond acceptors (Lipinski definition) is 10. The van der Waals surface area contributed by atoms with Gasteiger partial charge in [0.2, 0.25) is 10.0 Å². The van der Waals surface area contributed by atoms with Gasteiger partial charge in [-0.3, -0.25) is 9.44 Å². The van der Waals surface area contributed by atoms with E-state index in [1.54, 1.807) is 31.2 Å². The van der Waals surface area contributed by atoms with Gasteiger partial charge in [-0.2, -0.15) is 0 Å². The molecule has 0 amide bonds. The summed E-state index contributed by atoms with van der Waals surface area (Å²) in [5.41, 5.74) is 2.08. The molecule has 41 heavy (non-hydrogen) atoms. The molecule has 2 heterocycles. The fourth-order valence-corrected chi connectivity index (χ4v) is 7.90. The highest BCUT2D eigenvalue weighted by molar-refractivity contribution is 7.93. The molecule has 0 unspecified atom stereocenters. The molecule has 1 aromatic heterocycles. The van der Waals surface area contributed by atoms with Crippen LogP contribution in [0.5, 0.6) is 5.75 Å². The second kappa shape index (κ2) is 12.2. The van der Waals surface area contributed by atoms with Gasteiger partial charge in [0.05, 0.1) is 18.0 Å². The van der Waals surface area contributed by atoms with E-state index in [9.17, 15) is 36.9 Å². The summed E-state index contributed by atoms with van der Waals surface area (Å²) in [4.78, 5) is 13.2. The van der Waals surface area contributed by atoms with Crippen LogP contribution in [0.4, 0.5) is 17.1 Å². The zero-order valence-corrected chi connectivity index (χ0v) is 24.8. The Kier molecular flexibility index (Phi) is 9.13. The van der Waals surface area contributed by atoms with Crippen LogP contribution < -0.4 is 19.7 Å². The van der Waals surface area contributed by atoms with Crippen LogP contribution in [0, 0.1) is 6.92 Å². The normalized spacial score (nSPS) is 15.4. The number of sulfonamides is 2. The van der Waals surface area contributed by atoms with Crippen LogP contribution in [0.15, 0.2) is 52.7 Å². The number of benzene rings is 2. The van der Waals surface area contributed by atoms with Gasteiger partial charge in [0.25, 0.3) is 10.0 Å². The molecule has 0 saturated carbocycles. The summed E-state index contributed by atoms with van der Waals surface area (Å²) in [7, 11) is -7.66. The van der Waals surface area contributed by atoms with Crippen molar-refractivity contribution in [3.63, 3.8) is 0 Å². The largest absolute Gasteiger partial charge is 0.506 e. The highest BCUT2D eigenvalue weighted by atomic mass is 32.2. The Bertz CT molecular complexity index is 1610. The first-order valence-corrected chi connectivity index (χ1v) is 16.9. The number of aromatic hydroxyl groups is 1. The van der Waals surface area contributed by atoms with Crippen molar-refractivity contribution in [1.82, 2.24) is 5.32 Å². The van der Waals surface area contributed by atoms with Crippen molar-refractivity contribution in [3.05, 3.63) is 63.8 Å². The Labute approximate surface area is 242 Å². The molecule has 0 bridgehead atoms. The topological polar surface area (TPSA) is 185 Å². The quantitative estimate of drug-likeness (QED) is 0.173. The standard InChI is InChI=1S/C26H32N4O8S3/c1-16-15-39-24(26(33)34)25(16)41(37,38)28-19-4-6-20(7-5-19)30-11-9-18(10-12-30)27-14-23(32)17-3-8-22(31)21(13-17)29-40(2,35)36/h3-8,13,15,18,23,27-29,31-32H,9-12,14H2,1-2H3,(H,33,34)/t23-/m0/s1. The molecular formula is C26H32N4O8S3. The molecule has 12 nitrogen and oxygen atoms in total. The summed E-state index contributed by atoms with van der Waals surface area (Å²) in [6, 6.07) is 11.3. The molecule has 2 aromatic carbocycles. The average molecular weight is 625 g/mol. The summed E-state index contributed by atoms with van der Waals surface area (Å²) in [5.74, 6) is -1.52. The number of phenols is 1. The Morgan fingerprint density at radius 1 is 1.07 bits per heavy atom. The van der Waals surface area contributed by atoms with Gasteiger partial charge in [-0.25, -0.2) is 21.6 Å². The SMILES string of the molecule is Cc1csc(C(=O)O)c1S(=O)(=O)Nc1ccc(N2CCC(NC[C@H](O)c3ccc(O)c(NS(C)(=O)=O)c3)CC2)cc1. The number of carboxylic acid groups (broad SMARTS) is 1. The van der Waals surface area contributed by atoms with Crippen LogP contribution in [-0.4, -0.2) is 70.1 Å². The monoisotopic (exact) mass is 624 g/mol. The molecular weight excluding hydrogens is 593 g/mol. The minimum absolute atomic E-state index is 0.00256. The van der Waals surface area contributed by atoms with E-state index >= 15 is 0 Å². The zero-order chi connectivity index (χ0) is 29.9. The molecule has 1 atom stereocenters. The van der Waals surface area contributed by atoms with Gasteiger partial charge >= 0.3 is 5.97 Å². The van der Waals surface area contributed by atoms with Crippen molar-refractivity contribution in [3.8, 4) is 5.75 Å². The Balaban J connectivity index is 1.30. The number of aliphatic hydroxyl groups is 1. The summed E-state index contributed by atoms with van der Waals surface area (Å²) >= 11 is 0.873. The summed E-state index contributed by atoms with van der Waals surface area (Å²) < 4.78 is 53.5. The maximum Gasteiger partial charge on any atom is 0.347 e. The van der Waals surface area contributed by atoms with Crippen molar-refractivity contribution in [2.75, 3.05) is 40.2 Å². The first kappa shape index (κ1) is 30.6. The third-order valence-corrected chi connectivity index (χ3v) is 10.0. The van der Waals surface area contributed by atoms with Gasteiger partial charge in [-0.15, -0.1) is 11.3 Å². The Hall–Kier alpha value is -3.37. The highest BCUT2D eigenvalue weighted by Gasteiger charge is 2.27. The van der Waals surface area contributed by atoms with Crippen LogP contribution in [0.2, 0.25) is 0 Å². The number of aliphatic hydroxyl groups excluding tert-OH is 1. The van der Waals surface area contributed by atoms with Gasteiger partial charge in [0.15, 0.2) is 0 Å². The van der Waals surface area contributed by atoms with Gasteiger partial charge < -0.3 is 25.5 Å². The van der Waals surface area contributed by atoms with Crippen LogP contribution in [0.1, 0.15) is 39.7 Å². The lowest BCUT2D eigenvalue weighted by Crippen LogP contribution is -2.43. The van der Waals surface area contributed by atoms with Gasteiger partial charge in [-0.1, -0.05) is 6.07 Å². The third-order valence-electron chi connectivity index (χ3n) is 6.66. The molecule has 4 rings (SSSR count). The molecule has 1 saturated heterocycles. The molecule has 0 radical (unpaired) electrons. The number of carbonyl (C=O) groups is 1. The lowest BCUT2D eigenvalue weighted by atomic mass is 10.0. The predicted molar refractivity (Wildman–Crippen MR) is 158 cm³/mol. The lowest BCUT2D eigenvalue weighted by Gasteiger charge is -2.34. The number of hydrogen-bond donors (Lipinski definition) is 6. The van der Waals surface area contributed by atoms with Gasteiger partial charge in [-0.05, 0) is 72.7 Å². The molecule has 0 aliphatic carbocycles. The number of anilines is 3. The van der Waals surface area contributed by atoms with E-state index < -0.39 is 32.1 Å². The minimum Gasteiger partial charge on any atom is -0.506 e. The molecule has 0 spiro atoms. The third kappa shape index (κ3) is 7.68. The predicted octanol–water partition coefficient (Wildman–Crippen LogP) is 2.92. The molecule has 1 aliphatic heterocycles.